The third-order valence-electron chi connectivity index (χ3n) is 3.60. The van der Waals surface area contributed by atoms with E-state index in [1.54, 1.807) is 0 Å². The molecule has 9 heteroatoms. The minimum atomic E-state index is -0.770. The van der Waals surface area contributed by atoms with Crippen molar-refractivity contribution in [2.75, 3.05) is 12.4 Å². The second-order valence-electron chi connectivity index (χ2n) is 5.04. The van der Waals surface area contributed by atoms with Gasteiger partial charge in [-0.1, -0.05) is 11.8 Å². The molecule has 0 spiro atoms. The number of hydrogen-bond acceptors (Lipinski definition) is 6. The first kappa shape index (κ1) is 14.9. The van der Waals surface area contributed by atoms with E-state index in [-0.39, 0.29) is 29.7 Å². The van der Waals surface area contributed by atoms with Crippen molar-refractivity contribution < 1.29 is 19.5 Å². The van der Waals surface area contributed by atoms with E-state index in [0.29, 0.717) is 5.75 Å². The van der Waals surface area contributed by atoms with Crippen LogP contribution in [0.25, 0.3) is 0 Å². The summed E-state index contributed by atoms with van der Waals surface area (Å²) >= 11 is 1.11. The molecule has 2 amide bonds. The number of hydrogen-bond donors (Lipinski definition) is 2. The third kappa shape index (κ3) is 4.26. The van der Waals surface area contributed by atoms with Crippen LogP contribution in [0.5, 0.6) is 0 Å². The molecule has 112 valence electrons. The summed E-state index contributed by atoms with van der Waals surface area (Å²) in [4.78, 5) is 37.4. The van der Waals surface area contributed by atoms with Crippen LogP contribution in [0.2, 0.25) is 0 Å². The second-order valence-corrected chi connectivity index (χ2v) is 6.03. The summed E-state index contributed by atoms with van der Waals surface area (Å²) in [5, 5.41) is 14.7. The molecule has 0 aromatic heterocycles. The van der Waals surface area contributed by atoms with Crippen molar-refractivity contribution in [2.24, 2.45) is 5.92 Å². The van der Waals surface area contributed by atoms with Crippen molar-refractivity contribution in [3.63, 3.8) is 0 Å². The molecule has 2 fully saturated rings. The molecule has 1 atom stereocenters. The number of thioether (sulfide) groups is 1. The fourth-order valence-electron chi connectivity index (χ4n) is 2.47. The highest BCUT2D eigenvalue weighted by Gasteiger charge is 2.30. The molecule has 20 heavy (non-hydrogen) atoms. The molecule has 0 radical (unpaired) electrons. The number of rotatable bonds is 5. The number of carbonyl (C=O) groups is 2. The zero-order valence-corrected chi connectivity index (χ0v) is 11.7. The maximum absolute atomic E-state index is 11.9. The lowest BCUT2D eigenvalue weighted by molar-refractivity contribution is -0.759. The fraction of sp³-hybridized carbons (Fsp3) is 0.818. The zero-order chi connectivity index (χ0) is 14.5. The minimum Gasteiger partial charge on any atom is -0.352 e. The van der Waals surface area contributed by atoms with E-state index in [0.717, 1.165) is 37.4 Å². The molecule has 0 aromatic carbocycles. The van der Waals surface area contributed by atoms with Crippen molar-refractivity contribution in [1.29, 1.82) is 0 Å². The zero-order valence-electron chi connectivity index (χ0n) is 10.9. The Morgan fingerprint density at radius 3 is 2.70 bits per heavy atom. The van der Waals surface area contributed by atoms with E-state index in [1.165, 1.54) is 0 Å². The molecular formula is C11H17N3O5S. The normalized spacial score (nSPS) is 29.6. The average Bonchev–Trinajstić information content (AvgIpc) is 2.85. The molecule has 1 saturated carbocycles. The Labute approximate surface area is 120 Å². The first-order valence-electron chi connectivity index (χ1n) is 6.55. The largest absolute Gasteiger partial charge is 0.352 e. The Morgan fingerprint density at radius 2 is 2.15 bits per heavy atom. The molecule has 2 aliphatic rings. The lowest BCUT2D eigenvalue weighted by atomic mass is 9.86. The Bertz CT molecular complexity index is 398. The topological polar surface area (TPSA) is 111 Å². The predicted molar refractivity (Wildman–Crippen MR) is 71.6 cm³/mol. The van der Waals surface area contributed by atoms with Crippen LogP contribution in [-0.2, 0) is 9.63 Å². The van der Waals surface area contributed by atoms with Gasteiger partial charge in [0.2, 0.25) is 5.91 Å². The van der Waals surface area contributed by atoms with E-state index < -0.39 is 11.1 Å². The molecule has 2 rings (SSSR count). The van der Waals surface area contributed by atoms with Crippen molar-refractivity contribution >= 4 is 22.9 Å². The molecule has 1 aliphatic carbocycles. The van der Waals surface area contributed by atoms with Gasteiger partial charge in [-0.05, 0) is 31.6 Å². The van der Waals surface area contributed by atoms with Gasteiger partial charge in [-0.25, -0.2) is 0 Å². The van der Waals surface area contributed by atoms with Crippen LogP contribution in [0.15, 0.2) is 0 Å². The summed E-state index contributed by atoms with van der Waals surface area (Å²) < 4.78 is 0. The number of nitrogens with zero attached hydrogens (tertiary/aromatic N) is 1. The van der Waals surface area contributed by atoms with Crippen molar-refractivity contribution in [3.05, 3.63) is 10.1 Å². The fourth-order valence-corrected chi connectivity index (χ4v) is 3.25. The lowest BCUT2D eigenvalue weighted by Crippen LogP contribution is -2.48. The summed E-state index contributed by atoms with van der Waals surface area (Å²) in [7, 11) is 0. The van der Waals surface area contributed by atoms with Gasteiger partial charge in [0.1, 0.15) is 6.04 Å². The van der Waals surface area contributed by atoms with Crippen molar-refractivity contribution in [3.8, 4) is 0 Å². The first-order valence-corrected chi connectivity index (χ1v) is 7.54. The minimum absolute atomic E-state index is 0.0804. The standard InChI is InChI=1S/C11H17N3O5S/c15-10(9-6-20-11(16)13-9)12-8-3-1-7(2-4-8)5-19-14(17)18/h7-9H,1-6H2,(H,12,15)(H,13,16)/t7?,8?,9-/m0/s1. The van der Waals surface area contributed by atoms with Gasteiger partial charge in [0, 0.05) is 11.8 Å². The van der Waals surface area contributed by atoms with Crippen LogP contribution in [0, 0.1) is 16.0 Å². The maximum atomic E-state index is 11.9. The Hall–Kier alpha value is -1.51. The molecule has 1 saturated heterocycles. The van der Waals surface area contributed by atoms with E-state index in [9.17, 15) is 19.7 Å². The van der Waals surface area contributed by atoms with Gasteiger partial charge < -0.3 is 15.5 Å². The van der Waals surface area contributed by atoms with Crippen LogP contribution >= 0.6 is 11.8 Å². The lowest BCUT2D eigenvalue weighted by Gasteiger charge is -2.29. The molecular weight excluding hydrogens is 286 g/mol. The van der Waals surface area contributed by atoms with Gasteiger partial charge in [-0.2, -0.15) is 0 Å². The highest BCUT2D eigenvalue weighted by Crippen LogP contribution is 2.25. The van der Waals surface area contributed by atoms with Crippen LogP contribution in [0.3, 0.4) is 0 Å². The van der Waals surface area contributed by atoms with Gasteiger partial charge in [0.15, 0.2) is 0 Å². The van der Waals surface area contributed by atoms with Gasteiger partial charge in [-0.3, -0.25) is 9.59 Å². The van der Waals surface area contributed by atoms with Gasteiger partial charge in [0.05, 0.1) is 6.61 Å². The Balaban J connectivity index is 1.67. The average molecular weight is 303 g/mol. The highest BCUT2D eigenvalue weighted by molar-refractivity contribution is 8.14. The smallest absolute Gasteiger partial charge is 0.294 e. The summed E-state index contributed by atoms with van der Waals surface area (Å²) in [6.07, 6.45) is 3.16. The summed E-state index contributed by atoms with van der Waals surface area (Å²) in [5.41, 5.74) is 0. The number of nitrogens with one attached hydrogen (secondary N) is 2. The van der Waals surface area contributed by atoms with E-state index in [1.807, 2.05) is 0 Å². The summed E-state index contributed by atoms with van der Waals surface area (Å²) in [5.74, 6) is 0.500. The Morgan fingerprint density at radius 1 is 1.45 bits per heavy atom. The SMILES string of the molecule is O=C1N[C@H](C(=O)NC2CCC(CO[N+](=O)[O-])CC2)CS1. The van der Waals surface area contributed by atoms with E-state index >= 15 is 0 Å². The first-order chi connectivity index (χ1) is 9.54. The van der Waals surface area contributed by atoms with Crippen LogP contribution in [0.1, 0.15) is 25.7 Å². The third-order valence-corrected chi connectivity index (χ3v) is 4.48. The van der Waals surface area contributed by atoms with Crippen LogP contribution in [-0.4, -0.2) is 40.7 Å². The molecule has 0 bridgehead atoms. The number of carbonyl (C=O) groups excluding carboxylic acids is 2. The van der Waals surface area contributed by atoms with Crippen molar-refractivity contribution in [1.82, 2.24) is 10.6 Å². The number of amides is 2. The van der Waals surface area contributed by atoms with Crippen LogP contribution < -0.4 is 10.6 Å². The van der Waals surface area contributed by atoms with E-state index in [2.05, 4.69) is 15.5 Å². The molecule has 0 unspecified atom stereocenters. The van der Waals surface area contributed by atoms with Crippen molar-refractivity contribution in [2.45, 2.75) is 37.8 Å². The predicted octanol–water partition coefficient (Wildman–Crippen LogP) is 0.695. The van der Waals surface area contributed by atoms with E-state index in [4.69, 9.17) is 0 Å². The van der Waals surface area contributed by atoms with Crippen LogP contribution in [0.4, 0.5) is 4.79 Å². The molecule has 0 aromatic rings. The molecule has 1 heterocycles. The van der Waals surface area contributed by atoms with Gasteiger partial charge >= 0.3 is 0 Å². The maximum Gasteiger partial charge on any atom is 0.294 e. The monoisotopic (exact) mass is 303 g/mol. The summed E-state index contributed by atoms with van der Waals surface area (Å²) in [6, 6.07) is -0.361. The van der Waals surface area contributed by atoms with Gasteiger partial charge in [0.25, 0.3) is 10.3 Å². The second kappa shape index (κ2) is 6.78. The summed E-state index contributed by atoms with van der Waals surface area (Å²) in [6.45, 7) is 0.128. The van der Waals surface area contributed by atoms with Gasteiger partial charge in [-0.15, -0.1) is 10.1 Å². The molecule has 1 aliphatic heterocycles. The quantitative estimate of drug-likeness (QED) is 0.571. The molecule has 8 nitrogen and oxygen atoms in total. The highest BCUT2D eigenvalue weighted by atomic mass is 32.2. The molecule has 2 N–H and O–H groups in total. The Kier molecular flexibility index (Phi) is 5.05.